The maximum Gasteiger partial charge on any atom is 0.123 e. The highest BCUT2D eigenvalue weighted by Gasteiger charge is 2.16. The summed E-state index contributed by atoms with van der Waals surface area (Å²) in [4.78, 5) is 14.9. The number of piperidine rings is 1. The second-order valence-corrected chi connectivity index (χ2v) is 10.1. The van der Waals surface area contributed by atoms with Crippen molar-refractivity contribution in [1.82, 2.24) is 30.0 Å². The molecule has 38 heavy (non-hydrogen) atoms. The Kier molecular flexibility index (Phi) is 5.70. The maximum atomic E-state index is 13.9. The van der Waals surface area contributed by atoms with Gasteiger partial charge in [-0.05, 0) is 79.0 Å². The van der Waals surface area contributed by atoms with Gasteiger partial charge in [0.25, 0.3) is 0 Å². The van der Waals surface area contributed by atoms with E-state index in [1.54, 1.807) is 18.5 Å². The topological polar surface area (TPSA) is 73.5 Å². The van der Waals surface area contributed by atoms with Crippen molar-refractivity contribution >= 4 is 21.8 Å². The predicted octanol–water partition coefficient (Wildman–Crippen LogP) is 6.96. The average molecular weight is 503 g/mol. The van der Waals surface area contributed by atoms with Gasteiger partial charge in [0.1, 0.15) is 11.5 Å². The highest BCUT2D eigenvalue weighted by molar-refractivity contribution is 6.01. The summed E-state index contributed by atoms with van der Waals surface area (Å²) in [6.45, 7) is 3.27. The van der Waals surface area contributed by atoms with Gasteiger partial charge in [0.15, 0.2) is 0 Å². The van der Waals surface area contributed by atoms with Gasteiger partial charge in [0.05, 0.1) is 22.9 Å². The van der Waals surface area contributed by atoms with Gasteiger partial charge in [-0.15, -0.1) is 0 Å². The van der Waals surface area contributed by atoms with Gasteiger partial charge in [-0.3, -0.25) is 20.0 Å². The summed E-state index contributed by atoms with van der Waals surface area (Å²) in [5, 5.41) is 9.82. The SMILES string of the molecule is Fc1cccc(-c2cncc3[nH]c(-c4n[nH]c5ccc(-c6cncc(CN7CCCCC7)c6)cc45)cc23)c1. The molecule has 1 aliphatic heterocycles. The smallest absolute Gasteiger partial charge is 0.123 e. The van der Waals surface area contributed by atoms with Crippen molar-refractivity contribution < 1.29 is 4.39 Å². The van der Waals surface area contributed by atoms with Crippen LogP contribution in [-0.4, -0.2) is 43.1 Å². The van der Waals surface area contributed by atoms with E-state index in [1.807, 2.05) is 18.5 Å². The van der Waals surface area contributed by atoms with Crippen molar-refractivity contribution in [3.8, 4) is 33.6 Å². The molecule has 0 bridgehead atoms. The molecule has 1 saturated heterocycles. The number of aromatic nitrogens is 5. The third kappa shape index (κ3) is 4.25. The fourth-order valence-electron chi connectivity index (χ4n) is 5.57. The molecule has 2 N–H and O–H groups in total. The van der Waals surface area contributed by atoms with Crippen LogP contribution in [0.1, 0.15) is 24.8 Å². The zero-order valence-corrected chi connectivity index (χ0v) is 20.9. The van der Waals surface area contributed by atoms with Gasteiger partial charge in [-0.1, -0.05) is 24.6 Å². The number of H-pyrrole nitrogens is 2. The molecule has 0 atom stereocenters. The van der Waals surface area contributed by atoms with E-state index in [0.717, 1.165) is 75.1 Å². The maximum absolute atomic E-state index is 13.9. The minimum absolute atomic E-state index is 0.268. The van der Waals surface area contributed by atoms with Gasteiger partial charge in [-0.25, -0.2) is 4.39 Å². The summed E-state index contributed by atoms with van der Waals surface area (Å²) in [6, 6.07) is 17.3. The molecule has 188 valence electrons. The van der Waals surface area contributed by atoms with Crippen LogP contribution in [0.2, 0.25) is 0 Å². The lowest BCUT2D eigenvalue weighted by Crippen LogP contribution is -2.29. The van der Waals surface area contributed by atoms with Crippen molar-refractivity contribution in [1.29, 1.82) is 0 Å². The van der Waals surface area contributed by atoms with Crippen LogP contribution in [0, 0.1) is 5.82 Å². The predicted molar refractivity (Wildman–Crippen MR) is 149 cm³/mol. The summed E-state index contributed by atoms with van der Waals surface area (Å²) in [5.74, 6) is -0.268. The van der Waals surface area contributed by atoms with Crippen LogP contribution in [0.4, 0.5) is 4.39 Å². The van der Waals surface area contributed by atoms with Crippen molar-refractivity contribution in [3.63, 3.8) is 0 Å². The number of halogens is 1. The Morgan fingerprint density at radius 1 is 0.763 bits per heavy atom. The molecule has 6 nitrogen and oxygen atoms in total. The van der Waals surface area contributed by atoms with Crippen LogP contribution in [0.15, 0.2) is 79.4 Å². The number of nitrogens with zero attached hydrogens (tertiary/aromatic N) is 4. The van der Waals surface area contributed by atoms with Gasteiger partial charge in [0.2, 0.25) is 0 Å². The Bertz CT molecular complexity index is 1760. The van der Waals surface area contributed by atoms with Crippen molar-refractivity contribution in [2.24, 2.45) is 0 Å². The second kappa shape index (κ2) is 9.50. The number of pyridine rings is 2. The van der Waals surface area contributed by atoms with E-state index < -0.39 is 0 Å². The summed E-state index contributed by atoms with van der Waals surface area (Å²) in [6.07, 6.45) is 11.4. The fraction of sp³-hybridized carbons (Fsp3) is 0.194. The standard InChI is InChI=1S/C31H27FN6/c32-24-6-4-5-22(12-24)27-17-34-18-30-25(27)14-29(35-30)31-26-13-21(7-8-28(26)36-37-31)23-11-20(15-33-16-23)19-38-9-2-1-3-10-38/h4-8,11-18,35H,1-3,9-10,19H2,(H,36,37). The molecule has 4 aromatic heterocycles. The number of likely N-dealkylation sites (tertiary alicyclic amines) is 1. The molecule has 6 aromatic rings. The molecule has 5 heterocycles. The third-order valence-corrected chi connectivity index (χ3v) is 7.48. The van der Waals surface area contributed by atoms with E-state index in [4.69, 9.17) is 0 Å². The zero-order chi connectivity index (χ0) is 25.5. The summed E-state index contributed by atoms with van der Waals surface area (Å²) >= 11 is 0. The Hall–Kier alpha value is -4.36. The fourth-order valence-corrected chi connectivity index (χ4v) is 5.57. The molecule has 2 aromatic carbocycles. The lowest BCUT2D eigenvalue weighted by atomic mass is 10.0. The minimum Gasteiger partial charge on any atom is -0.352 e. The van der Waals surface area contributed by atoms with Gasteiger partial charge in [-0.2, -0.15) is 5.10 Å². The highest BCUT2D eigenvalue weighted by atomic mass is 19.1. The molecule has 0 unspecified atom stereocenters. The summed E-state index contributed by atoms with van der Waals surface area (Å²) in [5.41, 5.74) is 8.67. The van der Waals surface area contributed by atoms with Crippen molar-refractivity contribution in [3.05, 3.63) is 90.8 Å². The monoisotopic (exact) mass is 502 g/mol. The van der Waals surface area contributed by atoms with E-state index in [2.05, 4.69) is 60.4 Å². The molecular weight excluding hydrogens is 475 g/mol. The molecule has 7 rings (SSSR count). The first-order valence-corrected chi connectivity index (χ1v) is 13.1. The van der Waals surface area contributed by atoms with E-state index in [1.165, 1.54) is 37.0 Å². The normalized spacial score (nSPS) is 14.4. The minimum atomic E-state index is -0.268. The van der Waals surface area contributed by atoms with E-state index >= 15 is 0 Å². The number of nitrogens with one attached hydrogen (secondary N) is 2. The Balaban J connectivity index is 1.26. The van der Waals surface area contributed by atoms with Gasteiger partial charge < -0.3 is 4.98 Å². The van der Waals surface area contributed by atoms with Crippen LogP contribution in [0.5, 0.6) is 0 Å². The molecule has 1 aliphatic rings. The highest BCUT2D eigenvalue weighted by Crippen LogP contribution is 2.35. The van der Waals surface area contributed by atoms with Crippen LogP contribution >= 0.6 is 0 Å². The lowest BCUT2D eigenvalue weighted by molar-refractivity contribution is 0.220. The first-order valence-electron chi connectivity index (χ1n) is 13.1. The summed E-state index contributed by atoms with van der Waals surface area (Å²) in [7, 11) is 0. The first-order chi connectivity index (χ1) is 18.7. The van der Waals surface area contributed by atoms with E-state index in [0.29, 0.717) is 0 Å². The average Bonchev–Trinajstić information content (AvgIpc) is 3.57. The molecule has 7 heteroatoms. The molecule has 0 radical (unpaired) electrons. The molecule has 0 spiro atoms. The Labute approximate surface area is 219 Å². The summed E-state index contributed by atoms with van der Waals surface area (Å²) < 4.78 is 13.9. The van der Waals surface area contributed by atoms with Gasteiger partial charge >= 0.3 is 0 Å². The van der Waals surface area contributed by atoms with Crippen molar-refractivity contribution in [2.45, 2.75) is 25.8 Å². The van der Waals surface area contributed by atoms with Crippen molar-refractivity contribution in [2.75, 3.05) is 13.1 Å². The van der Waals surface area contributed by atoms with Crippen LogP contribution < -0.4 is 0 Å². The number of rotatable bonds is 5. The molecule has 1 fully saturated rings. The first kappa shape index (κ1) is 22.8. The largest absolute Gasteiger partial charge is 0.352 e. The van der Waals surface area contributed by atoms with Crippen LogP contribution in [-0.2, 0) is 6.54 Å². The number of hydrogen-bond acceptors (Lipinski definition) is 4. The Morgan fingerprint density at radius 2 is 1.66 bits per heavy atom. The van der Waals surface area contributed by atoms with E-state index in [9.17, 15) is 4.39 Å². The molecule has 0 aliphatic carbocycles. The molecule has 0 saturated carbocycles. The third-order valence-electron chi connectivity index (χ3n) is 7.48. The lowest BCUT2D eigenvalue weighted by Gasteiger charge is -2.26. The van der Waals surface area contributed by atoms with Crippen LogP contribution in [0.3, 0.4) is 0 Å². The quantitative estimate of drug-likeness (QED) is 0.267. The van der Waals surface area contributed by atoms with Crippen LogP contribution in [0.25, 0.3) is 55.4 Å². The zero-order valence-electron chi connectivity index (χ0n) is 20.9. The molecule has 0 amide bonds. The van der Waals surface area contributed by atoms with Gasteiger partial charge in [0, 0.05) is 47.0 Å². The Morgan fingerprint density at radius 3 is 2.55 bits per heavy atom. The molecular formula is C31H27FN6. The van der Waals surface area contributed by atoms with E-state index in [-0.39, 0.29) is 5.82 Å². The number of fused-ring (bicyclic) bond motifs is 2. The number of hydrogen-bond donors (Lipinski definition) is 2. The second-order valence-electron chi connectivity index (χ2n) is 10.1. The number of benzene rings is 2. The number of aromatic amines is 2.